The first-order chi connectivity index (χ1) is 9.12. The van der Waals surface area contributed by atoms with Crippen LogP contribution in [0.3, 0.4) is 0 Å². The normalized spacial score (nSPS) is 12.8. The first-order valence-corrected chi connectivity index (χ1v) is 7.28. The predicted octanol–water partition coefficient (Wildman–Crippen LogP) is 4.78. The van der Waals surface area contributed by atoms with Crippen molar-refractivity contribution in [1.29, 1.82) is 0 Å². The zero-order valence-electron chi connectivity index (χ0n) is 13.8. The van der Waals surface area contributed by atoms with Crippen LogP contribution in [0.2, 0.25) is 0 Å². The van der Waals surface area contributed by atoms with Crippen molar-refractivity contribution in [3.63, 3.8) is 0 Å². The Bertz CT molecular complexity index is 593. The van der Waals surface area contributed by atoms with Gasteiger partial charge in [-0.05, 0) is 24.5 Å². The van der Waals surface area contributed by atoms with Crippen molar-refractivity contribution in [2.24, 2.45) is 0 Å². The summed E-state index contributed by atoms with van der Waals surface area (Å²) in [5.74, 6) is 0. The van der Waals surface area contributed by atoms with Gasteiger partial charge in [0.05, 0.1) is 11.4 Å². The van der Waals surface area contributed by atoms with Crippen LogP contribution in [0.25, 0.3) is 5.69 Å². The molecule has 1 aromatic heterocycles. The fourth-order valence-corrected chi connectivity index (χ4v) is 2.75. The molecule has 2 rings (SSSR count). The van der Waals surface area contributed by atoms with E-state index < -0.39 is 0 Å². The van der Waals surface area contributed by atoms with Gasteiger partial charge in [0.25, 0.3) is 0 Å². The van der Waals surface area contributed by atoms with Crippen molar-refractivity contribution in [3.8, 4) is 5.69 Å². The van der Waals surface area contributed by atoms with Crippen LogP contribution in [-0.4, -0.2) is 9.78 Å². The molecule has 2 aromatic rings. The van der Waals surface area contributed by atoms with E-state index in [1.165, 1.54) is 17.0 Å². The molecule has 108 valence electrons. The van der Waals surface area contributed by atoms with E-state index in [4.69, 9.17) is 5.10 Å². The van der Waals surface area contributed by atoms with Gasteiger partial charge >= 0.3 is 0 Å². The fourth-order valence-electron chi connectivity index (χ4n) is 2.75. The van der Waals surface area contributed by atoms with E-state index in [0.29, 0.717) is 0 Å². The minimum absolute atomic E-state index is 0.0490. The second kappa shape index (κ2) is 4.76. The number of nitrogens with zero attached hydrogens (tertiary/aromatic N) is 2. The Morgan fingerprint density at radius 3 is 1.80 bits per heavy atom. The van der Waals surface area contributed by atoms with Crippen LogP contribution < -0.4 is 0 Å². The molecule has 0 radical (unpaired) electrons. The van der Waals surface area contributed by atoms with Gasteiger partial charge in [0.2, 0.25) is 0 Å². The van der Waals surface area contributed by atoms with Crippen LogP contribution in [0.1, 0.15) is 58.5 Å². The summed E-state index contributed by atoms with van der Waals surface area (Å²) in [5.41, 5.74) is 5.09. The molecule has 0 aliphatic rings. The van der Waals surface area contributed by atoms with Crippen molar-refractivity contribution in [2.45, 2.75) is 59.3 Å². The smallest absolute Gasteiger partial charge is 0.0722 e. The highest BCUT2D eigenvalue weighted by atomic mass is 15.3. The number of para-hydroxylation sites is 1. The summed E-state index contributed by atoms with van der Waals surface area (Å²) in [7, 11) is 0. The van der Waals surface area contributed by atoms with E-state index >= 15 is 0 Å². The number of rotatable bonds is 1. The average molecular weight is 270 g/mol. The summed E-state index contributed by atoms with van der Waals surface area (Å²) >= 11 is 0. The predicted molar refractivity (Wildman–Crippen MR) is 85.7 cm³/mol. The summed E-state index contributed by atoms with van der Waals surface area (Å²) in [6, 6.07) is 10.4. The standard InChI is InChI=1S/C18H26N2/c1-13-15(17(2,3)4)16(18(5,6)7)19-20(13)14-11-9-8-10-12-14/h8-12H,1-7H3. The van der Waals surface area contributed by atoms with Gasteiger partial charge < -0.3 is 0 Å². The second-order valence-electron chi connectivity index (χ2n) is 7.56. The first-order valence-electron chi connectivity index (χ1n) is 7.28. The monoisotopic (exact) mass is 270 g/mol. The molecule has 1 heterocycles. The van der Waals surface area contributed by atoms with Crippen molar-refractivity contribution in [3.05, 3.63) is 47.3 Å². The lowest BCUT2D eigenvalue weighted by Crippen LogP contribution is -2.21. The Kier molecular flexibility index (Phi) is 3.53. The van der Waals surface area contributed by atoms with E-state index in [1.54, 1.807) is 0 Å². The van der Waals surface area contributed by atoms with E-state index in [2.05, 4.69) is 77.4 Å². The maximum absolute atomic E-state index is 4.93. The van der Waals surface area contributed by atoms with Crippen LogP contribution in [0, 0.1) is 6.92 Å². The summed E-state index contributed by atoms with van der Waals surface area (Å²) in [5, 5.41) is 4.93. The van der Waals surface area contributed by atoms with E-state index in [9.17, 15) is 0 Å². The van der Waals surface area contributed by atoms with E-state index in [-0.39, 0.29) is 10.8 Å². The highest BCUT2D eigenvalue weighted by molar-refractivity contribution is 5.42. The van der Waals surface area contributed by atoms with Gasteiger partial charge in [0.1, 0.15) is 0 Å². The molecule has 1 aromatic carbocycles. The molecule has 0 bridgehead atoms. The van der Waals surface area contributed by atoms with Gasteiger partial charge in [-0.15, -0.1) is 0 Å². The largest absolute Gasteiger partial charge is 0.238 e. The van der Waals surface area contributed by atoms with Gasteiger partial charge in [-0.2, -0.15) is 5.10 Å². The molecule has 0 spiro atoms. The molecule has 0 unspecified atom stereocenters. The van der Waals surface area contributed by atoms with Crippen LogP contribution in [0.4, 0.5) is 0 Å². The SMILES string of the molecule is Cc1c(C(C)(C)C)c(C(C)(C)C)nn1-c1ccccc1. The summed E-state index contributed by atoms with van der Waals surface area (Å²) in [6.45, 7) is 15.7. The molecule has 0 aliphatic heterocycles. The van der Waals surface area contributed by atoms with Crippen molar-refractivity contribution < 1.29 is 0 Å². The molecule has 0 N–H and O–H groups in total. The number of hydrogen-bond donors (Lipinski definition) is 0. The number of aromatic nitrogens is 2. The fraction of sp³-hybridized carbons (Fsp3) is 0.500. The van der Waals surface area contributed by atoms with Gasteiger partial charge in [-0.1, -0.05) is 59.7 Å². The number of hydrogen-bond acceptors (Lipinski definition) is 1. The highest BCUT2D eigenvalue weighted by Gasteiger charge is 2.31. The van der Waals surface area contributed by atoms with E-state index in [0.717, 1.165) is 5.69 Å². The summed E-state index contributed by atoms with van der Waals surface area (Å²) < 4.78 is 2.08. The molecular formula is C18H26N2. The van der Waals surface area contributed by atoms with Crippen molar-refractivity contribution >= 4 is 0 Å². The Balaban J connectivity index is 2.72. The maximum Gasteiger partial charge on any atom is 0.0722 e. The molecular weight excluding hydrogens is 244 g/mol. The molecule has 2 heteroatoms. The van der Waals surface area contributed by atoms with Crippen LogP contribution in [-0.2, 0) is 10.8 Å². The average Bonchev–Trinajstić information content (AvgIpc) is 2.67. The highest BCUT2D eigenvalue weighted by Crippen LogP contribution is 2.36. The quantitative estimate of drug-likeness (QED) is 0.729. The molecule has 0 atom stereocenters. The lowest BCUT2D eigenvalue weighted by atomic mass is 9.78. The second-order valence-corrected chi connectivity index (χ2v) is 7.56. The van der Waals surface area contributed by atoms with Crippen molar-refractivity contribution in [2.75, 3.05) is 0 Å². The van der Waals surface area contributed by atoms with Crippen LogP contribution >= 0.6 is 0 Å². The molecule has 0 saturated heterocycles. The zero-order chi connectivity index (χ0) is 15.1. The van der Waals surface area contributed by atoms with E-state index in [1.807, 2.05) is 6.07 Å². The summed E-state index contributed by atoms with van der Waals surface area (Å²) in [6.07, 6.45) is 0. The lowest BCUT2D eigenvalue weighted by molar-refractivity contribution is 0.518. The third-order valence-corrected chi connectivity index (χ3v) is 3.58. The Labute approximate surface area is 122 Å². The lowest BCUT2D eigenvalue weighted by Gasteiger charge is -2.25. The van der Waals surface area contributed by atoms with Gasteiger partial charge in [0.15, 0.2) is 0 Å². The number of benzene rings is 1. The Morgan fingerprint density at radius 2 is 1.40 bits per heavy atom. The van der Waals surface area contributed by atoms with Crippen LogP contribution in [0.5, 0.6) is 0 Å². The van der Waals surface area contributed by atoms with Gasteiger partial charge in [0, 0.05) is 16.7 Å². The molecule has 0 fully saturated rings. The molecule has 2 nitrogen and oxygen atoms in total. The minimum Gasteiger partial charge on any atom is -0.238 e. The molecule has 0 amide bonds. The third kappa shape index (κ3) is 2.65. The van der Waals surface area contributed by atoms with Crippen LogP contribution in [0.15, 0.2) is 30.3 Å². The molecule has 0 saturated carbocycles. The first kappa shape index (κ1) is 14.8. The molecule has 0 aliphatic carbocycles. The van der Waals surface area contributed by atoms with Crippen molar-refractivity contribution in [1.82, 2.24) is 9.78 Å². The third-order valence-electron chi connectivity index (χ3n) is 3.58. The maximum atomic E-state index is 4.93. The Hall–Kier alpha value is -1.57. The van der Waals surface area contributed by atoms with Gasteiger partial charge in [-0.3, -0.25) is 0 Å². The minimum atomic E-state index is 0.0490. The zero-order valence-corrected chi connectivity index (χ0v) is 13.8. The summed E-state index contributed by atoms with van der Waals surface area (Å²) in [4.78, 5) is 0. The molecule has 20 heavy (non-hydrogen) atoms. The van der Waals surface area contributed by atoms with Gasteiger partial charge in [-0.25, -0.2) is 4.68 Å². The Morgan fingerprint density at radius 1 is 0.850 bits per heavy atom. The topological polar surface area (TPSA) is 17.8 Å².